The van der Waals surface area contributed by atoms with Crippen LogP contribution in [0.25, 0.3) is 0 Å². The first kappa shape index (κ1) is 15.3. The van der Waals surface area contributed by atoms with E-state index < -0.39 is 17.8 Å². The number of carbonyl (C=O) groups excluding carboxylic acids is 1. The van der Waals surface area contributed by atoms with Gasteiger partial charge in [-0.2, -0.15) is 13.2 Å². The Kier molecular flexibility index (Phi) is 3.69. The van der Waals surface area contributed by atoms with Crippen molar-refractivity contribution in [2.45, 2.75) is 38.5 Å². The summed E-state index contributed by atoms with van der Waals surface area (Å²) in [6.07, 6.45) is -4.39. The summed E-state index contributed by atoms with van der Waals surface area (Å²) in [5.74, 6) is -0.0288. The van der Waals surface area contributed by atoms with Crippen LogP contribution in [0.4, 0.5) is 13.2 Å². The summed E-state index contributed by atoms with van der Waals surface area (Å²) in [4.78, 5) is 16.0. The van der Waals surface area contributed by atoms with Gasteiger partial charge in [-0.05, 0) is 38.5 Å². The first-order valence-corrected chi connectivity index (χ1v) is 6.40. The molecular weight excluding hydrogens is 283 g/mol. The zero-order valence-electron chi connectivity index (χ0n) is 11.9. The number of rotatable bonds is 1. The topological polar surface area (TPSA) is 53.5 Å². The first-order valence-electron chi connectivity index (χ1n) is 6.40. The Bertz CT molecular complexity index is 571. The molecule has 0 fully saturated rings. The summed E-state index contributed by atoms with van der Waals surface area (Å²) < 4.78 is 37.5. The molecule has 2 rings (SSSR count). The number of benzene rings is 1. The van der Waals surface area contributed by atoms with E-state index >= 15 is 0 Å². The minimum absolute atomic E-state index is 0.277. The third-order valence-electron chi connectivity index (χ3n) is 2.80. The number of amides is 1. The van der Waals surface area contributed by atoms with Gasteiger partial charge >= 0.3 is 6.18 Å². The van der Waals surface area contributed by atoms with Crippen LogP contribution in [0.5, 0.6) is 0 Å². The number of halogens is 3. The monoisotopic (exact) mass is 299 g/mol. The molecule has 0 aromatic heterocycles. The fraction of sp³-hybridized carbons (Fsp3) is 0.429. The van der Waals surface area contributed by atoms with Gasteiger partial charge in [0, 0.05) is 5.54 Å². The molecule has 1 heterocycles. The highest BCUT2D eigenvalue weighted by Crippen LogP contribution is 2.31. The lowest BCUT2D eigenvalue weighted by molar-refractivity contribution is -0.137. The van der Waals surface area contributed by atoms with Crippen molar-refractivity contribution in [1.82, 2.24) is 10.6 Å². The van der Waals surface area contributed by atoms with E-state index in [1.54, 1.807) is 0 Å². The molecule has 1 atom stereocenters. The highest BCUT2D eigenvalue weighted by atomic mass is 19.4. The van der Waals surface area contributed by atoms with Gasteiger partial charge in [0.05, 0.1) is 5.56 Å². The average Bonchev–Trinajstić information content (AvgIpc) is 2.66. The molecule has 21 heavy (non-hydrogen) atoms. The van der Waals surface area contributed by atoms with Gasteiger partial charge in [0.1, 0.15) is 0 Å². The van der Waals surface area contributed by atoms with Gasteiger partial charge < -0.3 is 5.32 Å². The van der Waals surface area contributed by atoms with Crippen molar-refractivity contribution in [3.63, 3.8) is 0 Å². The Morgan fingerprint density at radius 2 is 1.71 bits per heavy atom. The largest absolute Gasteiger partial charge is 0.416 e. The molecule has 1 unspecified atom stereocenters. The van der Waals surface area contributed by atoms with Crippen molar-refractivity contribution in [3.05, 3.63) is 35.4 Å². The van der Waals surface area contributed by atoms with Crippen LogP contribution in [-0.2, 0) is 11.0 Å². The summed E-state index contributed by atoms with van der Waals surface area (Å²) in [6.45, 7) is 5.73. The maximum absolute atomic E-state index is 12.5. The smallest absolute Gasteiger partial charge is 0.351 e. The molecule has 1 aromatic rings. The zero-order chi connectivity index (χ0) is 15.8. The maximum atomic E-state index is 12.5. The third-order valence-corrected chi connectivity index (χ3v) is 2.80. The molecule has 0 saturated carbocycles. The number of nitrogens with one attached hydrogen (secondary N) is 2. The van der Waals surface area contributed by atoms with Crippen LogP contribution >= 0.6 is 0 Å². The Labute approximate surface area is 120 Å². The highest BCUT2D eigenvalue weighted by molar-refractivity contribution is 6.05. The number of aliphatic imine (C=N–C) groups is 1. The molecule has 0 bridgehead atoms. The number of alkyl halides is 3. The normalized spacial score (nSPS) is 19.2. The highest BCUT2D eigenvalue weighted by Gasteiger charge is 2.32. The minimum Gasteiger partial charge on any atom is -0.351 e. The molecule has 114 valence electrons. The molecule has 0 saturated heterocycles. The molecule has 2 N–H and O–H groups in total. The summed E-state index contributed by atoms with van der Waals surface area (Å²) >= 11 is 0. The van der Waals surface area contributed by atoms with Gasteiger partial charge in [-0.1, -0.05) is 12.1 Å². The Morgan fingerprint density at radius 1 is 1.14 bits per heavy atom. The number of carbonyl (C=O) groups is 1. The van der Waals surface area contributed by atoms with Crippen LogP contribution in [0.1, 0.15) is 37.9 Å². The number of hydrogen-bond donors (Lipinski definition) is 2. The van der Waals surface area contributed by atoms with Gasteiger partial charge in [-0.25, -0.2) is 4.99 Å². The lowest BCUT2D eigenvalue weighted by Gasteiger charge is -2.21. The summed E-state index contributed by atoms with van der Waals surface area (Å²) in [7, 11) is 0. The van der Waals surface area contributed by atoms with E-state index in [2.05, 4.69) is 15.6 Å². The number of nitrogens with zero attached hydrogens (tertiary/aromatic N) is 1. The van der Waals surface area contributed by atoms with Crippen molar-refractivity contribution in [3.8, 4) is 0 Å². The van der Waals surface area contributed by atoms with Gasteiger partial charge in [0.25, 0.3) is 5.91 Å². The molecule has 0 radical (unpaired) electrons. The van der Waals surface area contributed by atoms with Crippen LogP contribution in [0.2, 0.25) is 0 Å². The number of guanidine groups is 1. The van der Waals surface area contributed by atoms with Crippen molar-refractivity contribution in [1.29, 1.82) is 0 Å². The lowest BCUT2D eigenvalue weighted by Crippen LogP contribution is -2.46. The SMILES string of the molecule is CC(C)(C)NC1=NC(c2ccc(C(F)(F)F)cc2)C(=O)N1. The maximum Gasteiger partial charge on any atom is 0.416 e. The zero-order valence-corrected chi connectivity index (χ0v) is 11.9. The first-order chi connectivity index (χ1) is 9.56. The second-order valence-electron chi connectivity index (χ2n) is 5.86. The van der Waals surface area contributed by atoms with Crippen molar-refractivity contribution in [2.24, 2.45) is 4.99 Å². The van der Waals surface area contributed by atoms with E-state index in [1.165, 1.54) is 12.1 Å². The van der Waals surface area contributed by atoms with Crippen molar-refractivity contribution >= 4 is 11.9 Å². The second-order valence-corrected chi connectivity index (χ2v) is 5.86. The second kappa shape index (κ2) is 5.05. The van der Waals surface area contributed by atoms with Gasteiger partial charge in [0.2, 0.25) is 0 Å². The predicted octanol–water partition coefficient (Wildman–Crippen LogP) is 2.62. The van der Waals surface area contributed by atoms with Crippen LogP contribution in [-0.4, -0.2) is 17.4 Å². The molecule has 1 amide bonds. The fourth-order valence-electron chi connectivity index (χ4n) is 1.90. The fourth-order valence-corrected chi connectivity index (χ4v) is 1.90. The van der Waals surface area contributed by atoms with E-state index in [-0.39, 0.29) is 11.4 Å². The Hall–Kier alpha value is -2.05. The van der Waals surface area contributed by atoms with Crippen LogP contribution in [0, 0.1) is 0 Å². The van der Waals surface area contributed by atoms with Gasteiger partial charge in [0.15, 0.2) is 12.0 Å². The van der Waals surface area contributed by atoms with E-state index in [0.717, 1.165) is 12.1 Å². The van der Waals surface area contributed by atoms with E-state index in [1.807, 2.05) is 20.8 Å². The molecule has 4 nitrogen and oxygen atoms in total. The van der Waals surface area contributed by atoms with Crippen LogP contribution < -0.4 is 10.6 Å². The molecule has 1 aromatic carbocycles. The Morgan fingerprint density at radius 3 is 2.19 bits per heavy atom. The summed E-state index contributed by atoms with van der Waals surface area (Å²) in [5, 5.41) is 5.60. The molecule has 7 heteroatoms. The molecule has 1 aliphatic heterocycles. The molecule has 0 spiro atoms. The average molecular weight is 299 g/mol. The summed E-state index contributed by atoms with van der Waals surface area (Å²) in [5.41, 5.74) is -0.603. The summed E-state index contributed by atoms with van der Waals surface area (Å²) in [6, 6.07) is 3.63. The van der Waals surface area contributed by atoms with Crippen LogP contribution in [0.3, 0.4) is 0 Å². The van der Waals surface area contributed by atoms with Gasteiger partial charge in [-0.3, -0.25) is 10.1 Å². The number of hydrogen-bond acceptors (Lipinski definition) is 3. The predicted molar refractivity (Wildman–Crippen MR) is 72.7 cm³/mol. The van der Waals surface area contributed by atoms with E-state index in [4.69, 9.17) is 0 Å². The Balaban J connectivity index is 2.20. The standard InChI is InChI=1S/C14H16F3N3O/c1-13(2,3)20-12-18-10(11(21)19-12)8-4-6-9(7-5-8)14(15,16)17/h4-7,10H,1-3H3,(H2,18,19,20,21). The van der Waals surface area contributed by atoms with Crippen molar-refractivity contribution in [2.75, 3.05) is 0 Å². The minimum atomic E-state index is -4.39. The van der Waals surface area contributed by atoms with Gasteiger partial charge in [-0.15, -0.1) is 0 Å². The molecular formula is C14H16F3N3O. The lowest BCUT2D eigenvalue weighted by atomic mass is 10.1. The van der Waals surface area contributed by atoms with Crippen LogP contribution in [0.15, 0.2) is 29.3 Å². The quantitative estimate of drug-likeness (QED) is 0.837. The van der Waals surface area contributed by atoms with Crippen molar-refractivity contribution < 1.29 is 18.0 Å². The van der Waals surface area contributed by atoms with E-state index in [0.29, 0.717) is 11.5 Å². The third kappa shape index (κ3) is 3.74. The molecule has 1 aliphatic rings. The van der Waals surface area contributed by atoms with E-state index in [9.17, 15) is 18.0 Å². The molecule has 0 aliphatic carbocycles.